The van der Waals surface area contributed by atoms with Gasteiger partial charge in [0.2, 0.25) is 11.8 Å². The van der Waals surface area contributed by atoms with Crippen molar-refractivity contribution in [3.05, 3.63) is 58.7 Å². The van der Waals surface area contributed by atoms with Crippen molar-refractivity contribution in [2.45, 2.75) is 27.2 Å². The van der Waals surface area contributed by atoms with Gasteiger partial charge in [0.1, 0.15) is 0 Å². The normalized spacial score (nSPS) is 10.8. The number of nitrogens with zero attached hydrogens (tertiary/aromatic N) is 1. The number of anilines is 2. The van der Waals surface area contributed by atoms with Gasteiger partial charge in [0.25, 0.3) is 0 Å². The molecule has 5 nitrogen and oxygen atoms in total. The van der Waals surface area contributed by atoms with Gasteiger partial charge in [0.05, 0.1) is 6.54 Å². The maximum absolute atomic E-state index is 13.2. The lowest BCUT2D eigenvalue weighted by Crippen LogP contribution is -2.32. The van der Waals surface area contributed by atoms with Gasteiger partial charge in [0.15, 0.2) is 11.6 Å². The number of halogens is 2. The van der Waals surface area contributed by atoms with E-state index in [-0.39, 0.29) is 30.5 Å². The standard InChI is InChI=1S/C21H25F2N3O2/c1-13-9-14(2)21(15(3)10-13)25-20(28)12-26(4)8-7-19(27)24-16-5-6-17(22)18(23)11-16/h5-6,9-11H,7-8,12H2,1-4H3,(H,24,27)(H,25,28). The average Bonchev–Trinajstić information content (AvgIpc) is 2.59. The lowest BCUT2D eigenvalue weighted by molar-refractivity contribution is -0.119. The molecule has 0 unspecified atom stereocenters. The maximum Gasteiger partial charge on any atom is 0.238 e. The Kier molecular flexibility index (Phi) is 7.23. The Morgan fingerprint density at radius 2 is 1.57 bits per heavy atom. The van der Waals surface area contributed by atoms with Crippen LogP contribution in [-0.4, -0.2) is 36.9 Å². The van der Waals surface area contributed by atoms with Crippen LogP contribution >= 0.6 is 0 Å². The third-order valence-electron chi connectivity index (χ3n) is 4.28. The van der Waals surface area contributed by atoms with Crippen molar-refractivity contribution in [3.8, 4) is 0 Å². The molecule has 0 saturated heterocycles. The smallest absolute Gasteiger partial charge is 0.238 e. The number of hydrogen-bond donors (Lipinski definition) is 2. The number of carbonyl (C=O) groups excluding carboxylic acids is 2. The molecule has 0 spiro atoms. The number of hydrogen-bond acceptors (Lipinski definition) is 3. The molecule has 2 rings (SSSR count). The highest BCUT2D eigenvalue weighted by Gasteiger charge is 2.12. The molecular weight excluding hydrogens is 364 g/mol. The molecular formula is C21H25F2N3O2. The summed E-state index contributed by atoms with van der Waals surface area (Å²) in [5.74, 6) is -2.50. The fraction of sp³-hybridized carbons (Fsp3) is 0.333. The SMILES string of the molecule is Cc1cc(C)c(NC(=O)CN(C)CCC(=O)Nc2ccc(F)c(F)c2)c(C)c1. The molecule has 0 radical (unpaired) electrons. The van der Waals surface area contributed by atoms with Crippen molar-refractivity contribution in [1.82, 2.24) is 4.90 Å². The van der Waals surface area contributed by atoms with Crippen LogP contribution in [0.4, 0.5) is 20.2 Å². The van der Waals surface area contributed by atoms with E-state index in [9.17, 15) is 18.4 Å². The molecule has 0 aliphatic heterocycles. The molecule has 2 N–H and O–H groups in total. The predicted molar refractivity (Wildman–Crippen MR) is 106 cm³/mol. The zero-order valence-electron chi connectivity index (χ0n) is 16.5. The molecule has 28 heavy (non-hydrogen) atoms. The van der Waals surface area contributed by atoms with Crippen LogP contribution in [0.25, 0.3) is 0 Å². The molecule has 2 aromatic carbocycles. The molecule has 0 atom stereocenters. The summed E-state index contributed by atoms with van der Waals surface area (Å²) in [6.45, 7) is 6.37. The number of amides is 2. The summed E-state index contributed by atoms with van der Waals surface area (Å²) in [5.41, 5.74) is 4.13. The van der Waals surface area contributed by atoms with Gasteiger partial charge < -0.3 is 10.6 Å². The second-order valence-electron chi connectivity index (χ2n) is 6.99. The van der Waals surface area contributed by atoms with Gasteiger partial charge in [-0.05, 0) is 51.1 Å². The second-order valence-corrected chi connectivity index (χ2v) is 6.99. The number of nitrogens with one attached hydrogen (secondary N) is 2. The summed E-state index contributed by atoms with van der Waals surface area (Å²) in [4.78, 5) is 26.0. The first-order chi connectivity index (χ1) is 13.2. The number of likely N-dealkylation sites (N-methyl/N-ethyl adjacent to an activating group) is 1. The van der Waals surface area contributed by atoms with Gasteiger partial charge >= 0.3 is 0 Å². The minimum absolute atomic E-state index is 0.116. The lowest BCUT2D eigenvalue weighted by Gasteiger charge is -2.18. The van der Waals surface area contributed by atoms with Crippen molar-refractivity contribution in [2.24, 2.45) is 0 Å². The third-order valence-corrected chi connectivity index (χ3v) is 4.28. The van der Waals surface area contributed by atoms with E-state index in [2.05, 4.69) is 10.6 Å². The Hall–Kier alpha value is -2.80. The van der Waals surface area contributed by atoms with E-state index < -0.39 is 11.6 Å². The summed E-state index contributed by atoms with van der Waals surface area (Å²) in [6, 6.07) is 7.19. The lowest BCUT2D eigenvalue weighted by atomic mass is 10.1. The van der Waals surface area contributed by atoms with E-state index in [1.54, 1.807) is 11.9 Å². The molecule has 0 bridgehead atoms. The number of aryl methyl sites for hydroxylation is 3. The van der Waals surface area contributed by atoms with Crippen LogP contribution < -0.4 is 10.6 Å². The minimum atomic E-state index is -1.02. The molecule has 0 saturated carbocycles. The Labute approximate surface area is 163 Å². The minimum Gasteiger partial charge on any atom is -0.326 e. The molecule has 0 aliphatic carbocycles. The Morgan fingerprint density at radius 3 is 2.18 bits per heavy atom. The average molecular weight is 389 g/mol. The van der Waals surface area contributed by atoms with Crippen molar-refractivity contribution in [1.29, 1.82) is 0 Å². The van der Waals surface area contributed by atoms with E-state index in [0.717, 1.165) is 34.5 Å². The highest BCUT2D eigenvalue weighted by molar-refractivity contribution is 5.94. The van der Waals surface area contributed by atoms with Crippen LogP contribution in [0, 0.1) is 32.4 Å². The summed E-state index contributed by atoms with van der Waals surface area (Å²) in [6.07, 6.45) is 0.116. The number of rotatable bonds is 7. The zero-order chi connectivity index (χ0) is 20.8. The molecule has 0 aliphatic rings. The molecule has 0 fully saturated rings. The first kappa shape index (κ1) is 21.5. The van der Waals surface area contributed by atoms with E-state index in [4.69, 9.17) is 0 Å². The largest absolute Gasteiger partial charge is 0.326 e. The van der Waals surface area contributed by atoms with Gasteiger partial charge in [-0.15, -0.1) is 0 Å². The van der Waals surface area contributed by atoms with Crippen LogP contribution in [-0.2, 0) is 9.59 Å². The van der Waals surface area contributed by atoms with E-state index >= 15 is 0 Å². The van der Waals surface area contributed by atoms with Gasteiger partial charge in [-0.2, -0.15) is 0 Å². The van der Waals surface area contributed by atoms with E-state index in [0.29, 0.717) is 6.54 Å². The maximum atomic E-state index is 13.2. The summed E-state index contributed by atoms with van der Waals surface area (Å²) in [5, 5.41) is 5.42. The zero-order valence-corrected chi connectivity index (χ0v) is 16.5. The molecule has 2 amide bonds. The molecule has 7 heteroatoms. The topological polar surface area (TPSA) is 61.4 Å². The van der Waals surface area contributed by atoms with Gasteiger partial charge in [-0.1, -0.05) is 17.7 Å². The van der Waals surface area contributed by atoms with Crippen molar-refractivity contribution < 1.29 is 18.4 Å². The van der Waals surface area contributed by atoms with E-state index in [1.165, 1.54) is 6.07 Å². The number of benzene rings is 2. The monoisotopic (exact) mass is 389 g/mol. The van der Waals surface area contributed by atoms with Gasteiger partial charge in [-0.3, -0.25) is 14.5 Å². The van der Waals surface area contributed by atoms with Crippen molar-refractivity contribution >= 4 is 23.2 Å². The molecule has 0 heterocycles. The van der Waals surface area contributed by atoms with E-state index in [1.807, 2.05) is 32.9 Å². The Morgan fingerprint density at radius 1 is 0.929 bits per heavy atom. The summed E-state index contributed by atoms with van der Waals surface area (Å²) < 4.78 is 26.1. The first-order valence-corrected chi connectivity index (χ1v) is 8.97. The van der Waals surface area contributed by atoms with Crippen LogP contribution in [0.1, 0.15) is 23.1 Å². The Balaban J connectivity index is 1.81. The van der Waals surface area contributed by atoms with Gasteiger partial charge in [0, 0.05) is 30.4 Å². The number of carbonyl (C=O) groups is 2. The van der Waals surface area contributed by atoms with Gasteiger partial charge in [-0.25, -0.2) is 8.78 Å². The van der Waals surface area contributed by atoms with Crippen LogP contribution in [0.3, 0.4) is 0 Å². The molecule has 0 aromatic heterocycles. The quantitative estimate of drug-likeness (QED) is 0.757. The Bertz CT molecular complexity index is 861. The summed E-state index contributed by atoms with van der Waals surface area (Å²) >= 11 is 0. The second kappa shape index (κ2) is 9.41. The van der Waals surface area contributed by atoms with Crippen LogP contribution in [0.2, 0.25) is 0 Å². The van der Waals surface area contributed by atoms with Crippen LogP contribution in [0.15, 0.2) is 30.3 Å². The summed E-state index contributed by atoms with van der Waals surface area (Å²) in [7, 11) is 1.74. The fourth-order valence-corrected chi connectivity index (χ4v) is 2.97. The van der Waals surface area contributed by atoms with Crippen molar-refractivity contribution in [2.75, 3.05) is 30.8 Å². The molecule has 150 valence electrons. The van der Waals surface area contributed by atoms with Crippen LogP contribution in [0.5, 0.6) is 0 Å². The predicted octanol–water partition coefficient (Wildman–Crippen LogP) is 3.79. The third kappa shape index (κ3) is 6.13. The van der Waals surface area contributed by atoms with Crippen molar-refractivity contribution in [3.63, 3.8) is 0 Å². The highest BCUT2D eigenvalue weighted by Crippen LogP contribution is 2.21. The fourth-order valence-electron chi connectivity index (χ4n) is 2.97. The first-order valence-electron chi connectivity index (χ1n) is 8.97. The molecule has 2 aromatic rings. The highest BCUT2D eigenvalue weighted by atomic mass is 19.2.